The van der Waals surface area contributed by atoms with Crippen LogP contribution in [0.1, 0.15) is 121 Å². The van der Waals surface area contributed by atoms with E-state index < -0.39 is 0 Å². The summed E-state index contributed by atoms with van der Waals surface area (Å²) >= 11 is 0. The zero-order chi connectivity index (χ0) is 65.4. The first-order valence-electron chi connectivity index (χ1n) is 36.4. The second-order valence-corrected chi connectivity index (χ2v) is 34.0. The summed E-state index contributed by atoms with van der Waals surface area (Å²) in [6.07, 6.45) is 10.1. The van der Waals surface area contributed by atoms with Gasteiger partial charge in [-0.2, -0.15) is 10.5 Å². The number of ether oxygens (including phenoxy) is 10. The highest BCUT2D eigenvalue weighted by Gasteiger charge is 2.72. The van der Waals surface area contributed by atoms with Crippen molar-refractivity contribution in [1.82, 2.24) is 0 Å². The molecule has 12 aliphatic carbocycles. The summed E-state index contributed by atoms with van der Waals surface area (Å²) in [4.78, 5) is 80.3. The molecule has 21 aliphatic rings. The van der Waals surface area contributed by atoms with Crippen molar-refractivity contribution in [3.05, 3.63) is 0 Å². The molecule has 0 N–H and O–H groups in total. The molecule has 9 saturated heterocycles. The summed E-state index contributed by atoms with van der Waals surface area (Å²) in [6.45, 7) is 26.1. The smallest absolute Gasteiger partial charge is 0.313 e. The zero-order valence-corrected chi connectivity index (χ0v) is 56.3. The van der Waals surface area contributed by atoms with Gasteiger partial charge in [0.1, 0.15) is 24.2 Å². The maximum Gasteiger partial charge on any atom is 0.313 e. The van der Waals surface area contributed by atoms with Gasteiger partial charge in [-0.25, -0.2) is 0 Å². The molecule has 9 heterocycles. The Bertz CT molecular complexity index is 3100. The predicted octanol–water partition coefficient (Wildman–Crippen LogP) is 8.57. The van der Waals surface area contributed by atoms with Gasteiger partial charge in [-0.15, -0.1) is 0 Å². The maximum absolute atomic E-state index is 11.6. The highest BCUT2D eigenvalue weighted by atomic mass is 16.6. The molecule has 0 aromatic rings. The van der Waals surface area contributed by atoms with E-state index in [2.05, 4.69) is 60.6 Å². The average Bonchev–Trinajstić information content (AvgIpc) is 1.64. The number of nitriles is 2. The Morgan fingerprint density at radius 3 is 1.43 bits per heavy atom. The van der Waals surface area contributed by atoms with Crippen LogP contribution in [0.2, 0.25) is 0 Å². The van der Waals surface area contributed by atoms with Gasteiger partial charge in [0.05, 0.1) is 111 Å². The van der Waals surface area contributed by atoms with E-state index in [1.54, 1.807) is 7.11 Å². The first-order chi connectivity index (χ1) is 44.5. The molecule has 39 unspecified atom stereocenters. The average molecular weight is 1290 g/mol. The predicted molar refractivity (Wildman–Crippen MR) is 326 cm³/mol. The second kappa shape index (κ2) is 23.7. The van der Waals surface area contributed by atoms with Crippen molar-refractivity contribution in [2.24, 2.45) is 201 Å². The number of cyclic esters (lactones) is 5. The van der Waals surface area contributed by atoms with Crippen LogP contribution in [0.5, 0.6) is 0 Å². The van der Waals surface area contributed by atoms with E-state index >= 15 is 0 Å². The van der Waals surface area contributed by atoms with Gasteiger partial charge in [0.25, 0.3) is 0 Å². The molecule has 508 valence electrons. The number of hydrogen-bond acceptors (Lipinski definition) is 19. The van der Waals surface area contributed by atoms with Crippen molar-refractivity contribution in [3.63, 3.8) is 0 Å². The Balaban J connectivity index is 0.0000000899. The molecule has 0 spiro atoms. The molecule has 0 amide bonds. The van der Waals surface area contributed by atoms with Crippen LogP contribution in [0.15, 0.2) is 0 Å². The van der Waals surface area contributed by atoms with Gasteiger partial charge < -0.3 is 47.4 Å². The molecule has 0 aromatic carbocycles. The molecule has 12 saturated carbocycles. The molecule has 21 fully saturated rings. The van der Waals surface area contributed by atoms with Crippen LogP contribution >= 0.6 is 0 Å². The van der Waals surface area contributed by atoms with E-state index in [1.165, 1.54) is 44.9 Å². The van der Waals surface area contributed by atoms with Crippen molar-refractivity contribution in [3.8, 4) is 12.1 Å². The van der Waals surface area contributed by atoms with Gasteiger partial charge in [-0.1, -0.05) is 62.3 Å². The fraction of sp³-hybridized carbons (Fsp3) is 0.878. The Kier molecular flexibility index (Phi) is 16.4. The van der Waals surface area contributed by atoms with E-state index in [0.717, 1.165) is 67.7 Å². The topological polar surface area (TPSA) is 259 Å². The lowest BCUT2D eigenvalue weighted by molar-refractivity contribution is -0.146. The number of rotatable bonds is 3. The van der Waals surface area contributed by atoms with Crippen LogP contribution in [0, 0.1) is 223 Å². The zero-order valence-electron chi connectivity index (χ0n) is 56.3. The summed E-state index contributed by atoms with van der Waals surface area (Å²) in [5.74, 6) is 15.1. The highest BCUT2D eigenvalue weighted by Crippen LogP contribution is 2.65. The van der Waals surface area contributed by atoms with Crippen molar-refractivity contribution in [2.75, 3.05) is 46.8 Å². The van der Waals surface area contributed by atoms with Crippen LogP contribution in [-0.2, 0) is 80.9 Å². The van der Waals surface area contributed by atoms with Gasteiger partial charge in [-0.05, 0) is 165 Å². The minimum absolute atomic E-state index is 0.0245. The maximum atomic E-state index is 11.6. The minimum Gasteiger partial charge on any atom is -0.465 e. The first-order valence-corrected chi connectivity index (χ1v) is 36.4. The van der Waals surface area contributed by atoms with Gasteiger partial charge in [0, 0.05) is 54.6 Å². The molecule has 0 aromatic heterocycles. The van der Waals surface area contributed by atoms with E-state index in [9.17, 15) is 33.6 Å². The molecule has 0 radical (unpaired) electrons. The van der Waals surface area contributed by atoms with Gasteiger partial charge in [-0.3, -0.25) is 33.6 Å². The Morgan fingerprint density at radius 1 is 0.398 bits per heavy atom. The molecule has 9 aliphatic heterocycles. The Labute approximate surface area is 547 Å². The molecule has 14 bridgehead atoms. The lowest BCUT2D eigenvalue weighted by Crippen LogP contribution is -2.43. The fourth-order valence-electron chi connectivity index (χ4n) is 26.1. The normalized spacial score (nSPS) is 54.8. The van der Waals surface area contributed by atoms with Crippen LogP contribution in [0.25, 0.3) is 0 Å². The Hall–Kier alpha value is -4.85. The van der Waals surface area contributed by atoms with E-state index in [4.69, 9.17) is 57.9 Å². The third-order valence-corrected chi connectivity index (χ3v) is 30.5. The molecular weight excluding hydrogens is 1190 g/mol. The number of carbonyl (C=O) groups excluding carboxylic acids is 7. The largest absolute Gasteiger partial charge is 0.465 e. The quantitative estimate of drug-likeness (QED) is 0.189. The number of nitrogens with zero attached hydrogens (tertiary/aromatic N) is 2. The van der Waals surface area contributed by atoms with Crippen molar-refractivity contribution >= 4 is 41.8 Å². The molecule has 19 nitrogen and oxygen atoms in total. The molecule has 39 atom stereocenters. The third-order valence-electron chi connectivity index (χ3n) is 30.5. The standard InChI is InChI=1S/C12H18O3.C11H16O3.C11H16O2.C10H11NO3.C10H11NO2.2C10H14O2/c1-3-14-11-6(2)7-4-8(11)10-9(7)5-15-12(10)13;1-5-6-3-7(10(5)13-2)9-8(6)4-14-11(9)12;1-5-6(2)8-3-7(5)9-4-13-11(12)10(8)9;1-10(2)7-4(3-11)5-6(13-7)8(10)14-9(5)12;1-4-5-2-6-8(7(5)3-11)10(12)13-9(4)6;1-5-2-6-3-7(5)8-4-12-10(11)9(6)8;1-5-2-6-3-7(5)9-8(6)4-12-10(9)11/h6-11H,3-5H2,1-2H3;5-10H,3-4H2,1-2H3;5-10H,3-4H2,1-2H3;4-8H,1-2H3;4-9H,2H2,1H3;2*5-9H,2-4H2,1H3. The first kappa shape index (κ1) is 64.2. The van der Waals surface area contributed by atoms with Gasteiger partial charge >= 0.3 is 41.8 Å². The van der Waals surface area contributed by atoms with Gasteiger partial charge in [0.2, 0.25) is 0 Å². The van der Waals surface area contributed by atoms with Crippen molar-refractivity contribution in [1.29, 1.82) is 10.5 Å². The van der Waals surface area contributed by atoms with Crippen molar-refractivity contribution in [2.45, 2.75) is 157 Å². The van der Waals surface area contributed by atoms with Gasteiger partial charge in [0.15, 0.2) is 0 Å². The van der Waals surface area contributed by atoms with E-state index in [1.807, 2.05) is 20.8 Å². The third kappa shape index (κ3) is 9.56. The molecular formula is C74H100N2O17. The summed E-state index contributed by atoms with van der Waals surface area (Å²) in [7, 11) is 1.76. The fourth-order valence-corrected chi connectivity index (χ4v) is 26.1. The van der Waals surface area contributed by atoms with Crippen LogP contribution in [-0.4, -0.2) is 125 Å². The van der Waals surface area contributed by atoms with Crippen LogP contribution in [0.4, 0.5) is 0 Å². The minimum atomic E-state index is -0.331. The number of methoxy groups -OCH3 is 1. The number of esters is 7. The van der Waals surface area contributed by atoms with Crippen LogP contribution < -0.4 is 0 Å². The van der Waals surface area contributed by atoms with E-state index in [0.29, 0.717) is 138 Å². The summed E-state index contributed by atoms with van der Waals surface area (Å²) in [5, 5.41) is 18.0. The van der Waals surface area contributed by atoms with E-state index in [-0.39, 0.29) is 119 Å². The second-order valence-electron chi connectivity index (χ2n) is 34.0. The SMILES string of the molecule is CC1(C)C2OC3C(C(=O)OC31)C2C#N.CC1C(C)C2CC1C1COC(=O)C21.CC1C2CC3C1OC(=O)C3C2C#N.CC1CC2CC1C1C(=O)OCC21.CC1CC2CC1C1COC(=O)C21.CCOC1C(C)C2CC1C1C(=O)OCC21.COC1C(C)C2CC1C1C(=O)OCC21. The monoisotopic (exact) mass is 1290 g/mol. The lowest BCUT2D eigenvalue weighted by atomic mass is 9.67. The molecule has 21 rings (SSSR count). The highest BCUT2D eigenvalue weighted by molar-refractivity contribution is 5.80. The summed E-state index contributed by atoms with van der Waals surface area (Å²) < 4.78 is 53.3. The number of carbonyl (C=O) groups is 7. The number of hydrogen-bond donors (Lipinski definition) is 0. The summed E-state index contributed by atoms with van der Waals surface area (Å²) in [5.41, 5.74) is -0.215. The number of fused-ring (bicyclic) bond motifs is 27. The van der Waals surface area contributed by atoms with Crippen molar-refractivity contribution < 1.29 is 80.9 Å². The summed E-state index contributed by atoms with van der Waals surface area (Å²) in [6, 6.07) is 4.47. The molecule has 19 heteroatoms. The molecule has 93 heavy (non-hydrogen) atoms. The lowest BCUT2D eigenvalue weighted by Gasteiger charge is -2.33. The van der Waals surface area contributed by atoms with Crippen LogP contribution in [0.3, 0.4) is 0 Å². The Morgan fingerprint density at radius 2 is 0.849 bits per heavy atom.